The van der Waals surface area contributed by atoms with Gasteiger partial charge in [0, 0.05) is 11.1 Å². The normalized spacial score (nSPS) is 8.08. The molecule has 130 valence electrons. The van der Waals surface area contributed by atoms with Crippen LogP contribution in [0.4, 0.5) is 0 Å². The van der Waals surface area contributed by atoms with Crippen molar-refractivity contribution in [1.82, 2.24) is 0 Å². The van der Waals surface area contributed by atoms with Gasteiger partial charge in [-0.05, 0) is 13.8 Å². The molecule has 0 aliphatic rings. The van der Waals surface area contributed by atoms with E-state index in [-0.39, 0.29) is 13.2 Å². The first-order valence-electron chi connectivity index (χ1n) is 7.25. The Labute approximate surface area is 144 Å². The minimum absolute atomic E-state index is 0.0325. The van der Waals surface area contributed by atoms with E-state index in [0.717, 1.165) is 0 Å². The van der Waals surface area contributed by atoms with Gasteiger partial charge in [0.1, 0.15) is 13.2 Å². The molecule has 0 spiro atoms. The summed E-state index contributed by atoms with van der Waals surface area (Å²) in [6, 6.07) is 12.0. The van der Waals surface area contributed by atoms with Gasteiger partial charge in [0.05, 0.1) is 0 Å². The van der Waals surface area contributed by atoms with Gasteiger partial charge in [0.2, 0.25) is 0 Å². The van der Waals surface area contributed by atoms with Crippen molar-refractivity contribution in [1.29, 1.82) is 0 Å². The van der Waals surface area contributed by atoms with Gasteiger partial charge in [-0.2, -0.15) is 0 Å². The Morgan fingerprint density at radius 1 is 0.750 bits per heavy atom. The first kappa shape index (κ1) is 23.4. The maximum Gasteiger partial charge on any atom is 0.333 e. The molecule has 0 saturated heterocycles. The Kier molecular flexibility index (Phi) is 16.1. The van der Waals surface area contributed by atoms with Gasteiger partial charge in [-0.25, -0.2) is 9.59 Å². The second kappa shape index (κ2) is 16.5. The van der Waals surface area contributed by atoms with E-state index in [4.69, 9.17) is 0 Å². The third-order valence-corrected chi connectivity index (χ3v) is 2.08. The first-order chi connectivity index (χ1) is 11.4. The van der Waals surface area contributed by atoms with E-state index in [1.807, 2.05) is 36.4 Å². The highest BCUT2D eigenvalue weighted by atomic mass is 16.6. The van der Waals surface area contributed by atoms with Crippen molar-refractivity contribution < 1.29 is 19.1 Å². The Morgan fingerprint density at radius 3 is 1.17 bits per heavy atom. The van der Waals surface area contributed by atoms with E-state index in [0.29, 0.717) is 11.1 Å². The maximum atomic E-state index is 10.8. The summed E-state index contributed by atoms with van der Waals surface area (Å²) in [6.45, 7) is 16.7. The van der Waals surface area contributed by atoms with Crippen LogP contribution in [0.1, 0.15) is 13.8 Å². The van der Waals surface area contributed by atoms with E-state index in [1.165, 1.54) is 0 Å². The standard InChI is InChI=1S/C10H14O4.C6H6.C4H6/c1-7(2)9(11)13-5-6-14-10(12)8(3)4;1-2-4-6-5-3-1;1-3-4-2/h1,3,5-6H2,2,4H3;1-6H;3-4H,1-2H2. The van der Waals surface area contributed by atoms with Crippen LogP contribution in [-0.4, -0.2) is 25.2 Å². The SMILES string of the molecule is C=C(C)C(=O)OCCOC(=O)C(=C)C.C=CC=C.c1ccccc1. The van der Waals surface area contributed by atoms with Crippen LogP contribution in [-0.2, 0) is 19.1 Å². The number of benzene rings is 1. The summed E-state index contributed by atoms with van der Waals surface area (Å²) in [4.78, 5) is 21.7. The lowest BCUT2D eigenvalue weighted by Gasteiger charge is -2.05. The minimum Gasteiger partial charge on any atom is -0.459 e. The molecule has 4 nitrogen and oxygen atoms in total. The Balaban J connectivity index is 0. The molecule has 0 aromatic heterocycles. The zero-order valence-electron chi connectivity index (χ0n) is 14.5. The van der Waals surface area contributed by atoms with Crippen molar-refractivity contribution in [3.63, 3.8) is 0 Å². The fourth-order valence-electron chi connectivity index (χ4n) is 0.900. The molecule has 0 saturated carbocycles. The number of hydrogen-bond acceptors (Lipinski definition) is 4. The van der Waals surface area contributed by atoms with E-state index in [2.05, 4.69) is 35.8 Å². The Morgan fingerprint density at radius 2 is 1.00 bits per heavy atom. The maximum absolute atomic E-state index is 10.8. The van der Waals surface area contributed by atoms with Gasteiger partial charge in [-0.3, -0.25) is 0 Å². The summed E-state index contributed by atoms with van der Waals surface area (Å²) in [5, 5.41) is 0. The van der Waals surface area contributed by atoms with Crippen molar-refractivity contribution in [3.8, 4) is 0 Å². The smallest absolute Gasteiger partial charge is 0.333 e. The molecule has 0 amide bonds. The Bertz CT molecular complexity index is 469. The van der Waals surface area contributed by atoms with Crippen molar-refractivity contribution in [2.24, 2.45) is 0 Å². The molecule has 0 N–H and O–H groups in total. The number of ether oxygens (including phenoxy) is 2. The summed E-state index contributed by atoms with van der Waals surface area (Å²) < 4.78 is 9.38. The van der Waals surface area contributed by atoms with E-state index >= 15 is 0 Å². The van der Waals surface area contributed by atoms with Crippen LogP contribution in [0.2, 0.25) is 0 Å². The second-order valence-corrected chi connectivity index (χ2v) is 4.46. The van der Waals surface area contributed by atoms with E-state index < -0.39 is 11.9 Å². The predicted molar refractivity (Wildman–Crippen MR) is 98.4 cm³/mol. The third-order valence-electron chi connectivity index (χ3n) is 2.08. The first-order valence-corrected chi connectivity index (χ1v) is 7.25. The van der Waals surface area contributed by atoms with Crippen molar-refractivity contribution >= 4 is 11.9 Å². The largest absolute Gasteiger partial charge is 0.459 e. The molecular weight excluding hydrogens is 304 g/mol. The van der Waals surface area contributed by atoms with Crippen molar-refractivity contribution in [2.75, 3.05) is 13.2 Å². The average molecular weight is 330 g/mol. The van der Waals surface area contributed by atoms with Crippen LogP contribution in [0, 0.1) is 0 Å². The van der Waals surface area contributed by atoms with Crippen LogP contribution in [0.5, 0.6) is 0 Å². The van der Waals surface area contributed by atoms with Gasteiger partial charge >= 0.3 is 11.9 Å². The summed E-state index contributed by atoms with van der Waals surface area (Å²) >= 11 is 0. The highest BCUT2D eigenvalue weighted by molar-refractivity contribution is 5.87. The fourth-order valence-corrected chi connectivity index (χ4v) is 0.900. The molecular formula is C20H26O4. The van der Waals surface area contributed by atoms with Crippen LogP contribution in [0.15, 0.2) is 86.0 Å². The summed E-state index contributed by atoms with van der Waals surface area (Å²) in [7, 11) is 0. The average Bonchev–Trinajstić information content (AvgIpc) is 2.60. The molecule has 0 unspecified atom stereocenters. The van der Waals surface area contributed by atoms with Gasteiger partial charge < -0.3 is 9.47 Å². The van der Waals surface area contributed by atoms with E-state index in [9.17, 15) is 9.59 Å². The molecule has 0 bridgehead atoms. The molecule has 1 aromatic carbocycles. The van der Waals surface area contributed by atoms with Gasteiger partial charge in [0.25, 0.3) is 0 Å². The zero-order chi connectivity index (χ0) is 18.8. The Hall–Kier alpha value is -2.88. The molecule has 0 heterocycles. The minimum atomic E-state index is -0.489. The topological polar surface area (TPSA) is 52.6 Å². The monoisotopic (exact) mass is 330 g/mol. The third kappa shape index (κ3) is 17.2. The molecule has 24 heavy (non-hydrogen) atoms. The fraction of sp³-hybridized carbons (Fsp3) is 0.200. The molecule has 0 fully saturated rings. The lowest BCUT2D eigenvalue weighted by atomic mass is 10.4. The van der Waals surface area contributed by atoms with Crippen LogP contribution < -0.4 is 0 Å². The second-order valence-electron chi connectivity index (χ2n) is 4.46. The summed E-state index contributed by atoms with van der Waals surface area (Å²) in [5.74, 6) is -0.979. The van der Waals surface area contributed by atoms with Crippen LogP contribution in [0.3, 0.4) is 0 Å². The quantitative estimate of drug-likeness (QED) is 0.338. The van der Waals surface area contributed by atoms with Crippen molar-refractivity contribution in [3.05, 3.63) is 86.0 Å². The molecule has 0 aliphatic heterocycles. The molecule has 0 atom stereocenters. The highest BCUT2D eigenvalue weighted by Crippen LogP contribution is 1.94. The number of rotatable bonds is 6. The predicted octanol–water partition coefficient (Wildman–Crippen LogP) is 4.27. The highest BCUT2D eigenvalue weighted by Gasteiger charge is 2.05. The molecule has 0 aliphatic carbocycles. The van der Waals surface area contributed by atoms with Gasteiger partial charge in [-0.1, -0.05) is 74.9 Å². The lowest BCUT2D eigenvalue weighted by molar-refractivity contribution is -0.147. The van der Waals surface area contributed by atoms with Gasteiger partial charge in [-0.15, -0.1) is 0 Å². The van der Waals surface area contributed by atoms with Crippen molar-refractivity contribution in [2.45, 2.75) is 13.8 Å². The number of allylic oxidation sites excluding steroid dienone is 2. The molecule has 4 heteroatoms. The van der Waals surface area contributed by atoms with Crippen LogP contribution in [0.25, 0.3) is 0 Å². The van der Waals surface area contributed by atoms with E-state index in [1.54, 1.807) is 26.0 Å². The molecule has 1 aromatic rings. The summed E-state index contributed by atoms with van der Waals surface area (Å²) in [6.07, 6.45) is 3.28. The van der Waals surface area contributed by atoms with Crippen LogP contribution >= 0.6 is 0 Å². The van der Waals surface area contributed by atoms with Gasteiger partial charge in [0.15, 0.2) is 0 Å². The number of carbonyl (C=O) groups is 2. The zero-order valence-corrected chi connectivity index (χ0v) is 14.5. The molecule has 0 radical (unpaired) electrons. The lowest BCUT2D eigenvalue weighted by Crippen LogP contribution is -2.14. The number of carbonyl (C=O) groups excluding carboxylic acids is 2. The summed E-state index contributed by atoms with van der Waals surface area (Å²) in [5.41, 5.74) is 0.632. The molecule has 1 rings (SSSR count). The number of esters is 2. The number of hydrogen-bond donors (Lipinski definition) is 0.